The summed E-state index contributed by atoms with van der Waals surface area (Å²) in [7, 11) is 0. The van der Waals surface area contributed by atoms with E-state index in [2.05, 4.69) is 5.32 Å². The van der Waals surface area contributed by atoms with E-state index in [0.29, 0.717) is 39.0 Å². The molecule has 0 radical (unpaired) electrons. The minimum absolute atomic E-state index is 0.0425. The average molecular weight is 345 g/mol. The summed E-state index contributed by atoms with van der Waals surface area (Å²) in [6.45, 7) is 3.57. The van der Waals surface area contributed by atoms with E-state index in [-0.39, 0.29) is 30.4 Å². The highest BCUT2D eigenvalue weighted by molar-refractivity contribution is 6.02. The molecule has 2 fully saturated rings. The molecule has 2 heterocycles. The summed E-state index contributed by atoms with van der Waals surface area (Å²) in [5.74, 6) is 0.646. The van der Waals surface area contributed by atoms with Crippen LogP contribution in [0.4, 0.5) is 4.79 Å². The van der Waals surface area contributed by atoms with Gasteiger partial charge in [-0.05, 0) is 31.4 Å². The second kappa shape index (κ2) is 7.55. The number of imide groups is 1. The third-order valence-electron chi connectivity index (χ3n) is 4.64. The molecule has 3 rings (SSSR count). The Bertz CT molecular complexity index is 660. The highest BCUT2D eigenvalue weighted by Gasteiger charge is 2.39. The van der Waals surface area contributed by atoms with Crippen molar-refractivity contribution in [2.45, 2.75) is 32.2 Å². The van der Waals surface area contributed by atoms with Gasteiger partial charge in [0.25, 0.3) is 0 Å². The van der Waals surface area contributed by atoms with Crippen molar-refractivity contribution in [1.29, 1.82) is 0 Å². The maximum atomic E-state index is 12.5. The van der Waals surface area contributed by atoms with E-state index in [1.54, 1.807) is 4.90 Å². The van der Waals surface area contributed by atoms with Crippen molar-refractivity contribution in [3.63, 3.8) is 0 Å². The van der Waals surface area contributed by atoms with Crippen molar-refractivity contribution >= 4 is 17.8 Å². The maximum Gasteiger partial charge on any atom is 0.324 e. The van der Waals surface area contributed by atoms with Crippen molar-refractivity contribution in [2.75, 3.05) is 26.2 Å². The largest absolute Gasteiger partial charge is 0.494 e. The molecule has 4 amide bonds. The molecule has 0 aliphatic carbocycles. The highest BCUT2D eigenvalue weighted by Crippen LogP contribution is 2.22. The average Bonchev–Trinajstić information content (AvgIpc) is 3.21. The summed E-state index contributed by atoms with van der Waals surface area (Å²) in [5, 5.41) is 2.53. The fraction of sp³-hybridized carbons (Fsp3) is 0.500. The van der Waals surface area contributed by atoms with Crippen LogP contribution in [-0.4, -0.2) is 59.9 Å². The fourth-order valence-corrected chi connectivity index (χ4v) is 3.39. The van der Waals surface area contributed by atoms with Crippen LogP contribution in [0.3, 0.4) is 0 Å². The number of carbonyl (C=O) groups excluding carboxylic acids is 3. The number of nitrogens with one attached hydrogen (secondary N) is 1. The van der Waals surface area contributed by atoms with Gasteiger partial charge < -0.3 is 15.0 Å². The zero-order valence-corrected chi connectivity index (χ0v) is 14.4. The van der Waals surface area contributed by atoms with E-state index in [1.807, 2.05) is 31.2 Å². The minimum Gasteiger partial charge on any atom is -0.494 e. The predicted molar refractivity (Wildman–Crippen MR) is 91.2 cm³/mol. The van der Waals surface area contributed by atoms with E-state index < -0.39 is 0 Å². The molecular weight excluding hydrogens is 322 g/mol. The lowest BCUT2D eigenvalue weighted by molar-refractivity contribution is -0.131. The van der Waals surface area contributed by atoms with E-state index in [1.165, 1.54) is 4.90 Å². The van der Waals surface area contributed by atoms with Crippen LogP contribution in [0.25, 0.3) is 0 Å². The number of hydrogen-bond acceptors (Lipinski definition) is 4. The molecule has 1 unspecified atom stereocenters. The van der Waals surface area contributed by atoms with Gasteiger partial charge in [0.05, 0.1) is 19.2 Å². The molecule has 2 saturated heterocycles. The van der Waals surface area contributed by atoms with Gasteiger partial charge in [-0.1, -0.05) is 18.2 Å². The van der Waals surface area contributed by atoms with Crippen molar-refractivity contribution in [2.24, 2.45) is 0 Å². The summed E-state index contributed by atoms with van der Waals surface area (Å²) in [6.07, 6.45) is 1.64. The van der Waals surface area contributed by atoms with E-state index >= 15 is 0 Å². The molecule has 0 spiro atoms. The first-order valence-corrected chi connectivity index (χ1v) is 8.68. The first kappa shape index (κ1) is 17.3. The van der Waals surface area contributed by atoms with Crippen LogP contribution in [0.15, 0.2) is 24.3 Å². The van der Waals surface area contributed by atoms with Crippen molar-refractivity contribution in [1.82, 2.24) is 15.1 Å². The third-order valence-corrected chi connectivity index (χ3v) is 4.64. The highest BCUT2D eigenvalue weighted by atomic mass is 16.5. The summed E-state index contributed by atoms with van der Waals surface area (Å²) in [5.41, 5.74) is 1.02. The van der Waals surface area contributed by atoms with Gasteiger partial charge in [0, 0.05) is 19.5 Å². The lowest BCUT2D eigenvalue weighted by Crippen LogP contribution is -2.42. The Hall–Kier alpha value is -2.57. The van der Waals surface area contributed by atoms with Crippen LogP contribution in [0.5, 0.6) is 5.75 Å². The molecule has 2 aliphatic heterocycles. The Morgan fingerprint density at radius 3 is 2.84 bits per heavy atom. The summed E-state index contributed by atoms with van der Waals surface area (Å²) in [6, 6.07) is 7.17. The zero-order chi connectivity index (χ0) is 17.8. The number of para-hydroxylation sites is 1. The first-order valence-electron chi connectivity index (χ1n) is 8.68. The normalized spacial score (nSPS) is 20.1. The van der Waals surface area contributed by atoms with Crippen LogP contribution >= 0.6 is 0 Å². The number of aryl methyl sites for hydroxylation is 1. The molecule has 0 saturated carbocycles. The third kappa shape index (κ3) is 3.75. The number of urea groups is 1. The number of nitrogens with zero attached hydrogens (tertiary/aromatic N) is 2. The fourth-order valence-electron chi connectivity index (χ4n) is 3.39. The number of likely N-dealkylation sites (tertiary alicyclic amines) is 1. The van der Waals surface area contributed by atoms with E-state index in [9.17, 15) is 14.4 Å². The van der Waals surface area contributed by atoms with Gasteiger partial charge in [0.15, 0.2) is 0 Å². The number of rotatable bonds is 6. The second-order valence-corrected chi connectivity index (χ2v) is 6.25. The Balaban J connectivity index is 1.55. The van der Waals surface area contributed by atoms with Gasteiger partial charge in [-0.2, -0.15) is 0 Å². The van der Waals surface area contributed by atoms with Crippen molar-refractivity contribution in [3.05, 3.63) is 29.8 Å². The zero-order valence-electron chi connectivity index (χ0n) is 14.4. The van der Waals surface area contributed by atoms with Gasteiger partial charge in [-0.3, -0.25) is 14.5 Å². The SMILES string of the molecule is CCOc1ccccc1CCC(=O)N1CCC(N2C(=O)CNC2=O)C1. The molecule has 0 aromatic heterocycles. The Kier molecular flexibility index (Phi) is 5.21. The van der Waals surface area contributed by atoms with Crippen LogP contribution in [0, 0.1) is 0 Å². The number of carbonyl (C=O) groups is 3. The molecule has 0 bridgehead atoms. The topological polar surface area (TPSA) is 79.0 Å². The number of hydrogen-bond donors (Lipinski definition) is 1. The lowest BCUT2D eigenvalue weighted by atomic mass is 10.1. The number of ether oxygens (including phenoxy) is 1. The van der Waals surface area contributed by atoms with Crippen LogP contribution in [0.2, 0.25) is 0 Å². The lowest BCUT2D eigenvalue weighted by Gasteiger charge is -2.21. The van der Waals surface area contributed by atoms with E-state index in [0.717, 1.165) is 11.3 Å². The monoisotopic (exact) mass is 345 g/mol. The summed E-state index contributed by atoms with van der Waals surface area (Å²) < 4.78 is 5.59. The van der Waals surface area contributed by atoms with Crippen LogP contribution in [-0.2, 0) is 16.0 Å². The molecule has 25 heavy (non-hydrogen) atoms. The van der Waals surface area contributed by atoms with Gasteiger partial charge in [0.1, 0.15) is 5.75 Å². The Morgan fingerprint density at radius 2 is 2.12 bits per heavy atom. The molecule has 1 N–H and O–H groups in total. The molecule has 2 aliphatic rings. The van der Waals surface area contributed by atoms with Crippen molar-refractivity contribution < 1.29 is 19.1 Å². The molecule has 1 atom stereocenters. The smallest absolute Gasteiger partial charge is 0.324 e. The predicted octanol–water partition coefficient (Wildman–Crippen LogP) is 1.17. The number of benzene rings is 1. The molecule has 134 valence electrons. The summed E-state index contributed by atoms with van der Waals surface area (Å²) in [4.78, 5) is 39.0. The summed E-state index contributed by atoms with van der Waals surface area (Å²) >= 11 is 0. The van der Waals surface area contributed by atoms with Crippen molar-refractivity contribution in [3.8, 4) is 5.75 Å². The number of amides is 4. The van der Waals surface area contributed by atoms with E-state index in [4.69, 9.17) is 4.74 Å². The second-order valence-electron chi connectivity index (χ2n) is 6.25. The maximum absolute atomic E-state index is 12.5. The molecule has 7 heteroatoms. The molecule has 7 nitrogen and oxygen atoms in total. The van der Waals surface area contributed by atoms with Gasteiger partial charge in [-0.25, -0.2) is 4.79 Å². The van der Waals surface area contributed by atoms with Gasteiger partial charge in [-0.15, -0.1) is 0 Å². The standard InChI is InChI=1S/C18H23N3O4/c1-2-25-15-6-4-3-5-13(15)7-8-16(22)20-10-9-14(12-20)21-17(23)11-19-18(21)24/h3-6,14H,2,7-12H2,1H3,(H,19,24). The van der Waals surface area contributed by atoms with Gasteiger partial charge >= 0.3 is 6.03 Å². The Morgan fingerprint density at radius 1 is 1.32 bits per heavy atom. The molecule has 1 aromatic rings. The van der Waals surface area contributed by atoms with Crippen LogP contribution < -0.4 is 10.1 Å². The van der Waals surface area contributed by atoms with Crippen LogP contribution in [0.1, 0.15) is 25.3 Å². The molecule has 1 aromatic carbocycles. The Labute approximate surface area is 146 Å². The molecular formula is C18H23N3O4. The minimum atomic E-state index is -0.352. The quantitative estimate of drug-likeness (QED) is 0.785. The first-order chi connectivity index (χ1) is 12.1. The van der Waals surface area contributed by atoms with Gasteiger partial charge in [0.2, 0.25) is 11.8 Å².